The Bertz CT molecular complexity index is 217. The molecule has 0 radical (unpaired) electrons. The number of alkyl halides is 3. The number of aromatic nitrogens is 1. The summed E-state index contributed by atoms with van der Waals surface area (Å²) in [6, 6.07) is 2.89. The molecule has 11 heavy (non-hydrogen) atoms. The average Bonchev–Trinajstić information content (AvgIpc) is 1.85. The first-order chi connectivity index (χ1) is 5.08. The van der Waals surface area contributed by atoms with Gasteiger partial charge in [-0.25, -0.2) is 0 Å². The molecule has 0 aliphatic rings. The maximum atomic E-state index is 11.7. The fourth-order valence-corrected chi connectivity index (χ4v) is 0.734. The Labute approximate surface area is 61.9 Å². The molecular formula is C7H6F3N. The molecule has 0 atom stereocenters. The number of halogens is 3. The van der Waals surface area contributed by atoms with Crippen molar-refractivity contribution in [3.63, 3.8) is 0 Å². The molecule has 0 N–H and O–H groups in total. The van der Waals surface area contributed by atoms with Crippen molar-refractivity contribution < 1.29 is 13.2 Å². The summed E-state index contributed by atoms with van der Waals surface area (Å²) in [6.45, 7) is 0. The largest absolute Gasteiger partial charge is 0.393 e. The molecule has 0 spiro atoms. The Morgan fingerprint density at radius 2 is 2.09 bits per heavy atom. The van der Waals surface area contributed by atoms with E-state index < -0.39 is 12.6 Å². The van der Waals surface area contributed by atoms with Gasteiger partial charge in [-0.3, -0.25) is 4.98 Å². The van der Waals surface area contributed by atoms with E-state index in [1.807, 2.05) is 0 Å². The van der Waals surface area contributed by atoms with Crippen molar-refractivity contribution in [2.75, 3.05) is 0 Å². The monoisotopic (exact) mass is 161 g/mol. The minimum absolute atomic E-state index is 0.194. The van der Waals surface area contributed by atoms with Gasteiger partial charge in [0.1, 0.15) is 0 Å². The Kier molecular flexibility index (Phi) is 2.12. The van der Waals surface area contributed by atoms with E-state index in [1.165, 1.54) is 24.5 Å². The summed E-state index contributed by atoms with van der Waals surface area (Å²) in [4.78, 5) is 3.57. The van der Waals surface area contributed by atoms with Gasteiger partial charge in [0, 0.05) is 12.4 Å². The second-order valence-corrected chi connectivity index (χ2v) is 2.15. The third-order valence-corrected chi connectivity index (χ3v) is 1.13. The van der Waals surface area contributed by atoms with E-state index in [2.05, 4.69) is 4.98 Å². The lowest BCUT2D eigenvalue weighted by molar-refractivity contribution is -0.127. The van der Waals surface area contributed by atoms with Crippen LogP contribution in [0.1, 0.15) is 5.56 Å². The van der Waals surface area contributed by atoms with Gasteiger partial charge in [0.15, 0.2) is 0 Å². The second kappa shape index (κ2) is 2.90. The van der Waals surface area contributed by atoms with E-state index in [0.29, 0.717) is 0 Å². The minimum atomic E-state index is -4.14. The average molecular weight is 161 g/mol. The van der Waals surface area contributed by atoms with Crippen LogP contribution in [0.15, 0.2) is 24.5 Å². The summed E-state index contributed by atoms with van der Waals surface area (Å²) in [7, 11) is 0. The van der Waals surface area contributed by atoms with E-state index >= 15 is 0 Å². The molecule has 0 saturated carbocycles. The molecule has 0 aliphatic heterocycles. The summed E-state index contributed by atoms with van der Waals surface area (Å²) in [5.74, 6) is 0. The summed E-state index contributed by atoms with van der Waals surface area (Å²) < 4.78 is 35.1. The Morgan fingerprint density at radius 1 is 1.36 bits per heavy atom. The van der Waals surface area contributed by atoms with Crippen molar-refractivity contribution >= 4 is 0 Å². The quantitative estimate of drug-likeness (QED) is 0.615. The van der Waals surface area contributed by atoms with Crippen molar-refractivity contribution in [2.24, 2.45) is 0 Å². The molecule has 0 aromatic carbocycles. The first-order valence-corrected chi connectivity index (χ1v) is 3.03. The lowest BCUT2D eigenvalue weighted by atomic mass is 10.2. The smallest absolute Gasteiger partial charge is 0.264 e. The molecule has 1 aromatic heterocycles. The summed E-state index contributed by atoms with van der Waals surface area (Å²) in [5, 5.41) is 0. The van der Waals surface area contributed by atoms with Crippen LogP contribution in [0.2, 0.25) is 0 Å². The number of hydrogen-bond acceptors (Lipinski definition) is 1. The van der Waals surface area contributed by atoms with E-state index in [1.54, 1.807) is 0 Å². The lowest BCUT2D eigenvalue weighted by Gasteiger charge is -2.04. The van der Waals surface area contributed by atoms with Crippen LogP contribution in [-0.4, -0.2) is 11.2 Å². The molecule has 60 valence electrons. The highest BCUT2D eigenvalue weighted by atomic mass is 19.4. The zero-order chi connectivity index (χ0) is 8.32. The van der Waals surface area contributed by atoms with Gasteiger partial charge in [0.2, 0.25) is 0 Å². The zero-order valence-corrected chi connectivity index (χ0v) is 5.60. The highest BCUT2D eigenvalue weighted by molar-refractivity contribution is 5.09. The lowest BCUT2D eigenvalue weighted by Crippen LogP contribution is -2.11. The molecule has 0 aliphatic carbocycles. The van der Waals surface area contributed by atoms with Crippen LogP contribution >= 0.6 is 0 Å². The van der Waals surface area contributed by atoms with Crippen molar-refractivity contribution in [1.29, 1.82) is 0 Å². The van der Waals surface area contributed by atoms with Crippen LogP contribution in [-0.2, 0) is 6.42 Å². The Morgan fingerprint density at radius 3 is 2.55 bits per heavy atom. The van der Waals surface area contributed by atoms with Gasteiger partial charge in [0.25, 0.3) is 0 Å². The maximum Gasteiger partial charge on any atom is 0.393 e. The molecule has 0 saturated heterocycles. The Hall–Kier alpha value is -1.06. The van der Waals surface area contributed by atoms with E-state index in [0.717, 1.165) is 0 Å². The fourth-order valence-electron chi connectivity index (χ4n) is 0.734. The standard InChI is InChI=1S/C7H6F3N/c8-7(9,10)4-6-2-1-3-11-5-6/h1-3,5H,4H2. The molecule has 0 bridgehead atoms. The van der Waals surface area contributed by atoms with Crippen molar-refractivity contribution in [3.05, 3.63) is 30.1 Å². The van der Waals surface area contributed by atoms with Crippen molar-refractivity contribution in [3.8, 4) is 0 Å². The van der Waals surface area contributed by atoms with Gasteiger partial charge in [-0.05, 0) is 11.6 Å². The normalized spacial score (nSPS) is 11.5. The van der Waals surface area contributed by atoms with Crippen molar-refractivity contribution in [2.45, 2.75) is 12.6 Å². The summed E-state index contributed by atoms with van der Waals surface area (Å²) in [6.07, 6.45) is -2.38. The number of rotatable bonds is 1. The highest BCUT2D eigenvalue weighted by Gasteiger charge is 2.27. The fraction of sp³-hybridized carbons (Fsp3) is 0.286. The highest BCUT2D eigenvalue weighted by Crippen LogP contribution is 2.20. The molecule has 1 heterocycles. The predicted molar refractivity (Wildman–Crippen MR) is 34.0 cm³/mol. The molecule has 0 fully saturated rings. The van der Waals surface area contributed by atoms with Gasteiger partial charge in [-0.15, -0.1) is 0 Å². The first kappa shape index (κ1) is 8.04. The van der Waals surface area contributed by atoms with Crippen LogP contribution < -0.4 is 0 Å². The van der Waals surface area contributed by atoms with Crippen LogP contribution in [0.4, 0.5) is 13.2 Å². The minimum Gasteiger partial charge on any atom is -0.264 e. The zero-order valence-electron chi connectivity index (χ0n) is 5.60. The molecule has 1 nitrogen and oxygen atoms in total. The van der Waals surface area contributed by atoms with Gasteiger partial charge < -0.3 is 0 Å². The number of pyridine rings is 1. The van der Waals surface area contributed by atoms with Gasteiger partial charge >= 0.3 is 6.18 Å². The van der Waals surface area contributed by atoms with Crippen LogP contribution in [0.25, 0.3) is 0 Å². The SMILES string of the molecule is FC(F)(F)Cc1cccnc1. The van der Waals surface area contributed by atoms with Crippen LogP contribution in [0, 0.1) is 0 Å². The summed E-state index contributed by atoms with van der Waals surface area (Å²) >= 11 is 0. The van der Waals surface area contributed by atoms with E-state index in [9.17, 15) is 13.2 Å². The van der Waals surface area contributed by atoms with Crippen molar-refractivity contribution in [1.82, 2.24) is 4.98 Å². The van der Waals surface area contributed by atoms with Gasteiger partial charge in [-0.1, -0.05) is 6.07 Å². The second-order valence-electron chi connectivity index (χ2n) is 2.15. The summed E-state index contributed by atoms with van der Waals surface area (Å²) in [5.41, 5.74) is 0.194. The predicted octanol–water partition coefficient (Wildman–Crippen LogP) is 2.19. The molecule has 0 amide bonds. The third kappa shape index (κ3) is 3.02. The van der Waals surface area contributed by atoms with Crippen LogP contribution in [0.3, 0.4) is 0 Å². The molecular weight excluding hydrogens is 155 g/mol. The van der Waals surface area contributed by atoms with Crippen LogP contribution in [0.5, 0.6) is 0 Å². The topological polar surface area (TPSA) is 12.9 Å². The van der Waals surface area contributed by atoms with Gasteiger partial charge in [0.05, 0.1) is 6.42 Å². The third-order valence-electron chi connectivity index (χ3n) is 1.13. The molecule has 4 heteroatoms. The molecule has 1 aromatic rings. The number of hydrogen-bond donors (Lipinski definition) is 0. The van der Waals surface area contributed by atoms with E-state index in [4.69, 9.17) is 0 Å². The number of nitrogens with zero attached hydrogens (tertiary/aromatic N) is 1. The first-order valence-electron chi connectivity index (χ1n) is 3.03. The van der Waals surface area contributed by atoms with E-state index in [-0.39, 0.29) is 5.56 Å². The molecule has 1 rings (SSSR count). The Balaban J connectivity index is 2.66. The molecule has 0 unspecified atom stereocenters. The van der Waals surface area contributed by atoms with Gasteiger partial charge in [-0.2, -0.15) is 13.2 Å². The maximum absolute atomic E-state index is 11.7.